The Labute approximate surface area is 113 Å². The molecule has 19 heavy (non-hydrogen) atoms. The topological polar surface area (TPSA) is 50.7 Å². The molecule has 0 bridgehead atoms. The van der Waals surface area contributed by atoms with Crippen LogP contribution in [0.1, 0.15) is 6.92 Å². The monoisotopic (exact) mass is 274 g/mol. The Balaban J connectivity index is 2.15. The van der Waals surface area contributed by atoms with Gasteiger partial charge in [0.2, 0.25) is 0 Å². The summed E-state index contributed by atoms with van der Waals surface area (Å²) < 4.78 is 12.9. The van der Waals surface area contributed by atoms with E-state index in [0.717, 1.165) is 22.6 Å². The number of nitrogens with zero attached hydrogens (tertiary/aromatic N) is 3. The van der Waals surface area contributed by atoms with Gasteiger partial charge in [-0.05, 0) is 30.5 Å². The fraction of sp³-hybridized carbons (Fsp3) is 0.154. The van der Waals surface area contributed by atoms with Gasteiger partial charge in [0.25, 0.3) is 0 Å². The van der Waals surface area contributed by atoms with Crippen molar-refractivity contribution in [2.24, 2.45) is 0 Å². The Morgan fingerprint density at radius 2 is 2.16 bits per heavy atom. The average molecular weight is 274 g/mol. The van der Waals surface area contributed by atoms with E-state index in [0.29, 0.717) is 11.5 Å². The Kier molecular flexibility index (Phi) is 3.08. The summed E-state index contributed by atoms with van der Waals surface area (Å²) in [6.45, 7) is 2.79. The molecule has 4 nitrogen and oxygen atoms in total. The lowest BCUT2D eigenvalue weighted by molar-refractivity contribution is 0.621. The molecule has 0 spiro atoms. The van der Waals surface area contributed by atoms with Gasteiger partial charge < -0.3 is 5.32 Å². The predicted octanol–water partition coefficient (Wildman–Crippen LogP) is 3.32. The number of anilines is 1. The van der Waals surface area contributed by atoms with Gasteiger partial charge in [0.15, 0.2) is 5.82 Å². The van der Waals surface area contributed by atoms with E-state index in [-0.39, 0.29) is 5.82 Å². The van der Waals surface area contributed by atoms with Crippen LogP contribution in [-0.2, 0) is 0 Å². The second-order valence-electron chi connectivity index (χ2n) is 3.93. The van der Waals surface area contributed by atoms with Crippen molar-refractivity contribution in [1.29, 1.82) is 0 Å². The number of fused-ring (bicyclic) bond motifs is 1. The molecule has 0 fully saturated rings. The fourth-order valence-corrected chi connectivity index (χ4v) is 2.54. The minimum Gasteiger partial charge on any atom is -0.370 e. The largest absolute Gasteiger partial charge is 0.370 e. The SMILES string of the molecule is CCNc1nc(-c2ccc(F)cn2)nc2sccc12. The molecule has 0 amide bonds. The minimum absolute atomic E-state index is 0.368. The highest BCUT2D eigenvalue weighted by Gasteiger charge is 2.10. The first-order valence-electron chi connectivity index (χ1n) is 5.89. The van der Waals surface area contributed by atoms with Gasteiger partial charge in [-0.3, -0.25) is 0 Å². The average Bonchev–Trinajstić information content (AvgIpc) is 2.88. The third-order valence-electron chi connectivity index (χ3n) is 2.63. The van der Waals surface area contributed by atoms with Crippen LogP contribution in [-0.4, -0.2) is 21.5 Å². The first-order chi connectivity index (χ1) is 9.28. The van der Waals surface area contributed by atoms with Crippen LogP contribution < -0.4 is 5.32 Å². The van der Waals surface area contributed by atoms with E-state index in [1.54, 1.807) is 17.4 Å². The van der Waals surface area contributed by atoms with E-state index in [1.807, 2.05) is 18.4 Å². The van der Waals surface area contributed by atoms with E-state index in [2.05, 4.69) is 20.3 Å². The molecule has 0 saturated heterocycles. The summed E-state index contributed by atoms with van der Waals surface area (Å²) in [4.78, 5) is 13.8. The molecule has 0 aromatic carbocycles. The molecule has 0 radical (unpaired) electrons. The smallest absolute Gasteiger partial charge is 0.181 e. The number of halogens is 1. The number of thiophene rings is 1. The first-order valence-corrected chi connectivity index (χ1v) is 6.77. The van der Waals surface area contributed by atoms with Gasteiger partial charge in [-0.1, -0.05) is 0 Å². The van der Waals surface area contributed by atoms with Crippen LogP contribution in [0.4, 0.5) is 10.2 Å². The zero-order chi connectivity index (χ0) is 13.2. The second-order valence-corrected chi connectivity index (χ2v) is 4.82. The first kappa shape index (κ1) is 12.0. The van der Waals surface area contributed by atoms with E-state index >= 15 is 0 Å². The van der Waals surface area contributed by atoms with Crippen LogP contribution in [0.2, 0.25) is 0 Å². The van der Waals surface area contributed by atoms with Crippen LogP contribution in [0.3, 0.4) is 0 Å². The maximum atomic E-state index is 12.9. The van der Waals surface area contributed by atoms with Crippen molar-refractivity contribution < 1.29 is 4.39 Å². The summed E-state index contributed by atoms with van der Waals surface area (Å²) in [7, 11) is 0. The van der Waals surface area contributed by atoms with Crippen LogP contribution in [0.15, 0.2) is 29.8 Å². The molecular weight excluding hydrogens is 263 g/mol. The molecule has 0 aliphatic heterocycles. The molecule has 3 heterocycles. The van der Waals surface area contributed by atoms with Crippen LogP contribution in [0.25, 0.3) is 21.7 Å². The lowest BCUT2D eigenvalue weighted by Crippen LogP contribution is -2.02. The lowest BCUT2D eigenvalue weighted by atomic mass is 10.3. The van der Waals surface area contributed by atoms with Crippen molar-refractivity contribution in [3.05, 3.63) is 35.6 Å². The Morgan fingerprint density at radius 3 is 2.89 bits per heavy atom. The zero-order valence-corrected chi connectivity index (χ0v) is 11.0. The Hall–Kier alpha value is -2.08. The van der Waals surface area contributed by atoms with Crippen molar-refractivity contribution in [2.75, 3.05) is 11.9 Å². The number of rotatable bonds is 3. The fourth-order valence-electron chi connectivity index (χ4n) is 1.78. The summed E-state index contributed by atoms with van der Waals surface area (Å²) >= 11 is 1.55. The molecule has 0 atom stereocenters. The van der Waals surface area contributed by atoms with Gasteiger partial charge in [0.1, 0.15) is 22.2 Å². The van der Waals surface area contributed by atoms with Crippen molar-refractivity contribution in [2.45, 2.75) is 6.92 Å². The molecule has 6 heteroatoms. The predicted molar refractivity (Wildman–Crippen MR) is 74.8 cm³/mol. The highest BCUT2D eigenvalue weighted by atomic mass is 32.1. The highest BCUT2D eigenvalue weighted by molar-refractivity contribution is 7.16. The molecule has 0 saturated carbocycles. The standard InChI is InChI=1S/C13H11FN4S/c1-2-15-11-9-5-6-19-13(9)18-12(17-11)10-4-3-8(14)7-16-10/h3-7H,2H2,1H3,(H,15,17,18). The van der Waals surface area contributed by atoms with Crippen LogP contribution in [0, 0.1) is 5.82 Å². The van der Waals surface area contributed by atoms with E-state index in [4.69, 9.17) is 0 Å². The summed E-state index contributed by atoms with van der Waals surface area (Å²) in [5.41, 5.74) is 0.566. The molecule has 96 valence electrons. The number of aromatic nitrogens is 3. The molecule has 3 aromatic rings. The van der Waals surface area contributed by atoms with E-state index in [9.17, 15) is 4.39 Å². The van der Waals surface area contributed by atoms with Gasteiger partial charge in [-0.25, -0.2) is 19.3 Å². The van der Waals surface area contributed by atoms with Gasteiger partial charge in [-0.15, -0.1) is 11.3 Å². The van der Waals surface area contributed by atoms with Crippen molar-refractivity contribution in [3.63, 3.8) is 0 Å². The Morgan fingerprint density at radius 1 is 1.26 bits per heavy atom. The van der Waals surface area contributed by atoms with Crippen LogP contribution in [0.5, 0.6) is 0 Å². The summed E-state index contributed by atoms with van der Waals surface area (Å²) in [5.74, 6) is 0.925. The summed E-state index contributed by atoms with van der Waals surface area (Å²) in [6, 6.07) is 4.93. The van der Waals surface area contributed by atoms with E-state index in [1.165, 1.54) is 12.3 Å². The maximum absolute atomic E-state index is 12.9. The highest BCUT2D eigenvalue weighted by Crippen LogP contribution is 2.27. The van der Waals surface area contributed by atoms with Gasteiger partial charge in [-0.2, -0.15) is 0 Å². The maximum Gasteiger partial charge on any atom is 0.181 e. The van der Waals surface area contributed by atoms with Gasteiger partial charge in [0, 0.05) is 6.54 Å². The number of hydrogen-bond acceptors (Lipinski definition) is 5. The molecule has 3 rings (SSSR count). The van der Waals surface area contributed by atoms with Crippen molar-refractivity contribution >= 4 is 27.4 Å². The van der Waals surface area contributed by atoms with Crippen molar-refractivity contribution in [3.8, 4) is 11.5 Å². The molecule has 0 aliphatic rings. The number of pyridine rings is 1. The zero-order valence-electron chi connectivity index (χ0n) is 10.2. The normalized spacial score (nSPS) is 10.8. The number of hydrogen-bond donors (Lipinski definition) is 1. The minimum atomic E-state index is -0.368. The quantitative estimate of drug-likeness (QED) is 0.796. The lowest BCUT2D eigenvalue weighted by Gasteiger charge is -2.06. The molecular formula is C13H11FN4S. The summed E-state index contributed by atoms with van der Waals surface area (Å²) in [5, 5.41) is 6.18. The summed E-state index contributed by atoms with van der Waals surface area (Å²) in [6.07, 6.45) is 1.17. The third-order valence-corrected chi connectivity index (χ3v) is 3.43. The third kappa shape index (κ3) is 2.26. The molecule has 3 aromatic heterocycles. The molecule has 0 aliphatic carbocycles. The second kappa shape index (κ2) is 4.89. The molecule has 0 unspecified atom stereocenters. The van der Waals surface area contributed by atoms with Gasteiger partial charge in [0.05, 0.1) is 11.6 Å². The Bertz CT molecular complexity index is 708. The van der Waals surface area contributed by atoms with Crippen LogP contribution >= 0.6 is 11.3 Å². The molecule has 1 N–H and O–H groups in total. The van der Waals surface area contributed by atoms with Gasteiger partial charge >= 0.3 is 0 Å². The number of nitrogens with one attached hydrogen (secondary N) is 1. The van der Waals surface area contributed by atoms with E-state index < -0.39 is 0 Å². The van der Waals surface area contributed by atoms with Crippen molar-refractivity contribution in [1.82, 2.24) is 15.0 Å².